The van der Waals surface area contributed by atoms with E-state index in [1.807, 2.05) is 6.07 Å². The van der Waals surface area contributed by atoms with Crippen LogP contribution in [0.25, 0.3) is 0 Å². The van der Waals surface area contributed by atoms with Crippen molar-refractivity contribution in [3.8, 4) is 0 Å². The number of aromatic nitrogens is 1. The average Bonchev–Trinajstić information content (AvgIpc) is 2.96. The number of hydrogen-bond acceptors (Lipinski definition) is 6. The Hall–Kier alpha value is -2.67. The fourth-order valence-corrected chi connectivity index (χ4v) is 2.76. The van der Waals surface area contributed by atoms with E-state index in [0.29, 0.717) is 11.6 Å². The summed E-state index contributed by atoms with van der Waals surface area (Å²) in [6.45, 7) is 0.557. The Morgan fingerprint density at radius 2 is 2.22 bits per heavy atom. The van der Waals surface area contributed by atoms with Crippen molar-refractivity contribution in [1.29, 1.82) is 0 Å². The van der Waals surface area contributed by atoms with Crippen LogP contribution in [0.1, 0.15) is 15.9 Å². The SMILES string of the molecule is COC(=O)c1cnc(N2CCc3ccc(Cl)cc32)c([N+](=O)[O-])c1. The van der Waals surface area contributed by atoms with Crippen LogP contribution in [0.4, 0.5) is 17.2 Å². The quantitative estimate of drug-likeness (QED) is 0.487. The van der Waals surface area contributed by atoms with Crippen LogP contribution in [0.5, 0.6) is 0 Å². The first kappa shape index (κ1) is 15.2. The molecule has 2 aromatic rings. The lowest BCUT2D eigenvalue weighted by molar-refractivity contribution is -0.384. The number of ether oxygens (including phenoxy) is 1. The van der Waals surface area contributed by atoms with E-state index < -0.39 is 10.9 Å². The second-order valence-electron chi connectivity index (χ2n) is 4.99. The van der Waals surface area contributed by atoms with Crippen LogP contribution in [-0.2, 0) is 11.2 Å². The predicted molar refractivity (Wildman–Crippen MR) is 84.4 cm³/mol. The first-order valence-corrected chi connectivity index (χ1v) is 7.18. The molecule has 0 fully saturated rings. The minimum atomic E-state index is -0.669. The summed E-state index contributed by atoms with van der Waals surface area (Å²) in [6, 6.07) is 6.61. The lowest BCUT2D eigenvalue weighted by atomic mass is 10.2. The van der Waals surface area contributed by atoms with Crippen molar-refractivity contribution in [3.63, 3.8) is 0 Å². The van der Waals surface area contributed by atoms with Gasteiger partial charge in [-0.05, 0) is 24.1 Å². The van der Waals surface area contributed by atoms with E-state index >= 15 is 0 Å². The number of benzene rings is 1. The summed E-state index contributed by atoms with van der Waals surface area (Å²) < 4.78 is 4.58. The van der Waals surface area contributed by atoms with E-state index in [9.17, 15) is 14.9 Å². The van der Waals surface area contributed by atoms with Crippen LogP contribution >= 0.6 is 11.6 Å². The maximum Gasteiger partial charge on any atom is 0.339 e. The molecular formula is C15H12ClN3O4. The number of anilines is 2. The molecule has 0 radical (unpaired) electrons. The number of halogens is 1. The van der Waals surface area contributed by atoms with E-state index in [-0.39, 0.29) is 17.1 Å². The van der Waals surface area contributed by atoms with Crippen molar-refractivity contribution < 1.29 is 14.5 Å². The molecule has 1 aliphatic rings. The summed E-state index contributed by atoms with van der Waals surface area (Å²) in [4.78, 5) is 28.2. The third kappa shape index (κ3) is 2.70. The number of nitro groups is 1. The fourth-order valence-electron chi connectivity index (χ4n) is 2.59. The number of rotatable bonds is 3. The number of hydrogen-bond donors (Lipinski definition) is 0. The molecule has 0 saturated carbocycles. The Kier molecular flexibility index (Phi) is 3.87. The van der Waals surface area contributed by atoms with Gasteiger partial charge in [-0.25, -0.2) is 9.78 Å². The van der Waals surface area contributed by atoms with Crippen molar-refractivity contribution in [1.82, 2.24) is 4.98 Å². The first-order valence-electron chi connectivity index (χ1n) is 6.80. The highest BCUT2D eigenvalue weighted by atomic mass is 35.5. The van der Waals surface area contributed by atoms with Crippen LogP contribution in [0, 0.1) is 10.1 Å². The lowest BCUT2D eigenvalue weighted by Gasteiger charge is -2.18. The van der Waals surface area contributed by atoms with Crippen molar-refractivity contribution in [2.24, 2.45) is 0 Å². The van der Waals surface area contributed by atoms with Gasteiger partial charge >= 0.3 is 11.7 Å². The fraction of sp³-hybridized carbons (Fsp3) is 0.200. The molecule has 0 atom stereocenters. The molecule has 0 saturated heterocycles. The van der Waals surface area contributed by atoms with Crippen LogP contribution in [0.15, 0.2) is 30.5 Å². The standard InChI is InChI=1S/C15H12ClN3O4/c1-23-15(20)10-6-13(19(21)22)14(17-8-10)18-5-4-9-2-3-11(16)7-12(9)18/h2-3,6-8H,4-5H2,1H3. The molecule has 0 spiro atoms. The molecule has 3 rings (SSSR count). The normalized spacial score (nSPS) is 12.9. The molecule has 1 aromatic heterocycles. The minimum Gasteiger partial charge on any atom is -0.465 e. The summed E-state index contributed by atoms with van der Waals surface area (Å²) in [5.74, 6) is -0.485. The van der Waals surface area contributed by atoms with Crippen molar-refractivity contribution in [3.05, 3.63) is 56.7 Å². The summed E-state index contributed by atoms with van der Waals surface area (Å²) in [7, 11) is 1.21. The number of esters is 1. The Balaban J connectivity index is 2.09. The number of methoxy groups -OCH3 is 1. The van der Waals surface area contributed by atoms with Gasteiger partial charge in [0.1, 0.15) is 0 Å². The number of fused-ring (bicyclic) bond motifs is 1. The summed E-state index contributed by atoms with van der Waals surface area (Å²) in [5, 5.41) is 11.9. The topological polar surface area (TPSA) is 85.6 Å². The molecule has 23 heavy (non-hydrogen) atoms. The van der Waals surface area contributed by atoms with E-state index in [1.54, 1.807) is 17.0 Å². The van der Waals surface area contributed by atoms with Gasteiger partial charge in [-0.1, -0.05) is 17.7 Å². The van der Waals surface area contributed by atoms with Gasteiger partial charge in [0.15, 0.2) is 0 Å². The van der Waals surface area contributed by atoms with Crippen LogP contribution in [0.3, 0.4) is 0 Å². The molecule has 0 amide bonds. The third-order valence-corrected chi connectivity index (χ3v) is 3.90. The highest BCUT2D eigenvalue weighted by Gasteiger charge is 2.29. The van der Waals surface area contributed by atoms with Gasteiger partial charge < -0.3 is 9.64 Å². The molecule has 2 heterocycles. The van der Waals surface area contributed by atoms with Gasteiger partial charge in [0, 0.05) is 29.5 Å². The van der Waals surface area contributed by atoms with Gasteiger partial charge in [-0.2, -0.15) is 0 Å². The van der Waals surface area contributed by atoms with E-state index in [0.717, 1.165) is 17.7 Å². The van der Waals surface area contributed by atoms with Crippen molar-refractivity contribution >= 4 is 34.8 Å². The largest absolute Gasteiger partial charge is 0.465 e. The summed E-state index contributed by atoms with van der Waals surface area (Å²) >= 11 is 6.02. The molecular weight excluding hydrogens is 322 g/mol. The lowest BCUT2D eigenvalue weighted by Crippen LogP contribution is -2.17. The smallest absolute Gasteiger partial charge is 0.339 e. The zero-order valence-corrected chi connectivity index (χ0v) is 12.9. The highest BCUT2D eigenvalue weighted by Crippen LogP contribution is 2.39. The Morgan fingerprint density at radius 1 is 1.43 bits per heavy atom. The number of pyridine rings is 1. The van der Waals surface area contributed by atoms with E-state index in [4.69, 9.17) is 11.6 Å². The monoisotopic (exact) mass is 333 g/mol. The Labute approximate surface area is 136 Å². The highest BCUT2D eigenvalue weighted by molar-refractivity contribution is 6.31. The molecule has 1 aliphatic heterocycles. The Morgan fingerprint density at radius 3 is 2.91 bits per heavy atom. The van der Waals surface area contributed by atoms with Gasteiger partial charge in [0.2, 0.25) is 5.82 Å². The van der Waals surface area contributed by atoms with Gasteiger partial charge in [0.05, 0.1) is 17.6 Å². The summed E-state index contributed by atoms with van der Waals surface area (Å²) in [5.41, 5.74) is 1.62. The van der Waals surface area contributed by atoms with Crippen molar-refractivity contribution in [2.75, 3.05) is 18.6 Å². The zero-order chi connectivity index (χ0) is 16.6. The molecule has 0 N–H and O–H groups in total. The van der Waals surface area contributed by atoms with Crippen molar-refractivity contribution in [2.45, 2.75) is 6.42 Å². The van der Waals surface area contributed by atoms with E-state index in [1.165, 1.54) is 19.4 Å². The first-order chi connectivity index (χ1) is 11.0. The minimum absolute atomic E-state index is 0.0356. The Bertz CT molecular complexity index is 809. The van der Waals surface area contributed by atoms with E-state index in [2.05, 4.69) is 9.72 Å². The maximum atomic E-state index is 11.5. The van der Waals surface area contributed by atoms with Gasteiger partial charge in [-0.3, -0.25) is 10.1 Å². The van der Waals surface area contributed by atoms with Gasteiger partial charge in [0.25, 0.3) is 0 Å². The van der Waals surface area contributed by atoms with Crippen LogP contribution < -0.4 is 4.90 Å². The molecule has 0 bridgehead atoms. The third-order valence-electron chi connectivity index (χ3n) is 3.66. The number of nitrogens with zero attached hydrogens (tertiary/aromatic N) is 3. The molecule has 1 aromatic carbocycles. The summed E-state index contributed by atoms with van der Waals surface area (Å²) in [6.07, 6.45) is 2.01. The number of carbonyl (C=O) groups is 1. The molecule has 0 unspecified atom stereocenters. The van der Waals surface area contributed by atoms with Crippen LogP contribution in [-0.4, -0.2) is 29.5 Å². The average molecular weight is 334 g/mol. The van der Waals surface area contributed by atoms with Gasteiger partial charge in [-0.15, -0.1) is 0 Å². The van der Waals surface area contributed by atoms with Crippen LogP contribution in [0.2, 0.25) is 5.02 Å². The zero-order valence-electron chi connectivity index (χ0n) is 12.2. The second-order valence-corrected chi connectivity index (χ2v) is 5.43. The molecule has 7 nitrogen and oxygen atoms in total. The molecule has 0 aliphatic carbocycles. The predicted octanol–water partition coefficient (Wildman–Crippen LogP) is 3.12. The second kappa shape index (κ2) is 5.85. The molecule has 8 heteroatoms. The number of carbonyl (C=O) groups excluding carboxylic acids is 1. The molecule has 118 valence electrons. The maximum absolute atomic E-state index is 11.5.